The lowest BCUT2D eigenvalue weighted by atomic mass is 10.3. The zero-order chi connectivity index (χ0) is 13.9. The molecular formula is C15H11FN2O2. The van der Waals surface area contributed by atoms with Crippen molar-refractivity contribution in [3.63, 3.8) is 0 Å². The molecule has 0 aliphatic rings. The average molecular weight is 270 g/mol. The van der Waals surface area contributed by atoms with Gasteiger partial charge < -0.3 is 9.84 Å². The smallest absolute Gasteiger partial charge is 0.165 e. The van der Waals surface area contributed by atoms with Crippen molar-refractivity contribution in [3.8, 4) is 22.9 Å². The molecule has 0 aliphatic heterocycles. The molecule has 0 aliphatic carbocycles. The molecular weight excluding hydrogens is 259 g/mol. The average Bonchev–Trinajstić information content (AvgIpc) is 2.88. The molecule has 1 N–H and O–H groups in total. The lowest BCUT2D eigenvalue weighted by Gasteiger charge is -2.03. The molecule has 2 aromatic carbocycles. The highest BCUT2D eigenvalue weighted by Crippen LogP contribution is 2.24. The van der Waals surface area contributed by atoms with E-state index in [2.05, 4.69) is 5.10 Å². The van der Waals surface area contributed by atoms with Gasteiger partial charge in [0.25, 0.3) is 0 Å². The van der Waals surface area contributed by atoms with Crippen LogP contribution in [0.25, 0.3) is 5.69 Å². The molecule has 5 heteroatoms. The Morgan fingerprint density at radius 1 is 1.05 bits per heavy atom. The van der Waals surface area contributed by atoms with Gasteiger partial charge in [-0.25, -0.2) is 9.07 Å². The van der Waals surface area contributed by atoms with E-state index in [4.69, 9.17) is 4.74 Å². The SMILES string of the molecule is Oc1cccc(Oc2cnn(-c3ccc(F)cc3)c2)c1. The lowest BCUT2D eigenvalue weighted by molar-refractivity contribution is 0.455. The van der Waals surface area contributed by atoms with Gasteiger partial charge in [-0.1, -0.05) is 6.07 Å². The molecule has 0 spiro atoms. The van der Waals surface area contributed by atoms with E-state index in [0.29, 0.717) is 11.5 Å². The van der Waals surface area contributed by atoms with Crippen LogP contribution >= 0.6 is 0 Å². The van der Waals surface area contributed by atoms with Crippen molar-refractivity contribution in [1.82, 2.24) is 9.78 Å². The standard InChI is InChI=1S/C15H11FN2O2/c16-11-4-6-12(7-5-11)18-10-15(9-17-18)20-14-3-1-2-13(19)8-14/h1-10,19H. The quantitative estimate of drug-likeness (QED) is 0.792. The minimum Gasteiger partial charge on any atom is -0.508 e. The molecule has 0 amide bonds. The van der Waals surface area contributed by atoms with Crippen LogP contribution in [0.1, 0.15) is 0 Å². The van der Waals surface area contributed by atoms with Gasteiger partial charge in [-0.05, 0) is 36.4 Å². The summed E-state index contributed by atoms with van der Waals surface area (Å²) in [5.41, 5.74) is 0.733. The number of hydrogen-bond acceptors (Lipinski definition) is 3. The maximum absolute atomic E-state index is 12.9. The summed E-state index contributed by atoms with van der Waals surface area (Å²) < 4.78 is 20.0. The zero-order valence-corrected chi connectivity index (χ0v) is 10.4. The number of rotatable bonds is 3. The van der Waals surface area contributed by atoms with Crippen LogP contribution in [0.2, 0.25) is 0 Å². The minimum absolute atomic E-state index is 0.133. The van der Waals surface area contributed by atoms with Crippen molar-refractivity contribution >= 4 is 0 Å². The molecule has 0 unspecified atom stereocenters. The monoisotopic (exact) mass is 270 g/mol. The minimum atomic E-state index is -0.294. The van der Waals surface area contributed by atoms with Gasteiger partial charge in [-0.2, -0.15) is 5.10 Å². The summed E-state index contributed by atoms with van der Waals surface area (Å²) in [6, 6.07) is 12.5. The fourth-order valence-corrected chi connectivity index (χ4v) is 1.78. The van der Waals surface area contributed by atoms with E-state index in [-0.39, 0.29) is 11.6 Å². The number of phenols is 1. The summed E-state index contributed by atoms with van der Waals surface area (Å²) in [6.07, 6.45) is 3.23. The number of halogens is 1. The van der Waals surface area contributed by atoms with Gasteiger partial charge in [-0.3, -0.25) is 0 Å². The van der Waals surface area contributed by atoms with Crippen molar-refractivity contribution < 1.29 is 14.2 Å². The normalized spacial score (nSPS) is 10.4. The second-order valence-electron chi connectivity index (χ2n) is 4.20. The van der Waals surface area contributed by atoms with E-state index in [0.717, 1.165) is 5.69 Å². The van der Waals surface area contributed by atoms with Crippen LogP contribution in [0.15, 0.2) is 60.9 Å². The first-order valence-electron chi connectivity index (χ1n) is 5.98. The van der Waals surface area contributed by atoms with Crippen molar-refractivity contribution in [2.24, 2.45) is 0 Å². The lowest BCUT2D eigenvalue weighted by Crippen LogP contribution is -1.93. The third kappa shape index (κ3) is 2.61. The summed E-state index contributed by atoms with van der Waals surface area (Å²) in [7, 11) is 0. The van der Waals surface area contributed by atoms with E-state index in [1.54, 1.807) is 47.4 Å². The number of aromatic hydroxyl groups is 1. The van der Waals surface area contributed by atoms with Gasteiger partial charge in [0.2, 0.25) is 0 Å². The topological polar surface area (TPSA) is 47.3 Å². The molecule has 0 saturated carbocycles. The Morgan fingerprint density at radius 3 is 2.60 bits per heavy atom. The molecule has 4 nitrogen and oxygen atoms in total. The van der Waals surface area contributed by atoms with Crippen LogP contribution in [-0.2, 0) is 0 Å². The molecule has 0 atom stereocenters. The Morgan fingerprint density at radius 2 is 1.85 bits per heavy atom. The van der Waals surface area contributed by atoms with Crippen LogP contribution in [0.5, 0.6) is 17.2 Å². The Labute approximate surface area is 114 Å². The number of aromatic nitrogens is 2. The number of ether oxygens (including phenoxy) is 1. The van der Waals surface area contributed by atoms with Crippen molar-refractivity contribution in [1.29, 1.82) is 0 Å². The number of benzene rings is 2. The fraction of sp³-hybridized carbons (Fsp3) is 0. The molecule has 3 rings (SSSR count). The van der Waals surface area contributed by atoms with E-state index in [1.807, 2.05) is 0 Å². The number of phenolic OH excluding ortho intramolecular Hbond substituents is 1. The Kier molecular flexibility index (Phi) is 3.09. The summed E-state index contributed by atoms with van der Waals surface area (Å²) in [5, 5.41) is 13.5. The molecule has 0 radical (unpaired) electrons. The molecule has 20 heavy (non-hydrogen) atoms. The molecule has 0 saturated heterocycles. The third-order valence-electron chi connectivity index (χ3n) is 2.70. The van der Waals surface area contributed by atoms with Crippen molar-refractivity contribution in [2.75, 3.05) is 0 Å². The molecule has 0 fully saturated rings. The largest absolute Gasteiger partial charge is 0.508 e. The van der Waals surface area contributed by atoms with Gasteiger partial charge in [-0.15, -0.1) is 0 Å². The van der Waals surface area contributed by atoms with Crippen molar-refractivity contribution in [2.45, 2.75) is 0 Å². The second kappa shape index (κ2) is 5.05. The number of hydrogen-bond donors (Lipinski definition) is 1. The van der Waals surface area contributed by atoms with Crippen LogP contribution in [0.4, 0.5) is 4.39 Å². The highest BCUT2D eigenvalue weighted by molar-refractivity contribution is 5.37. The van der Waals surface area contributed by atoms with Crippen LogP contribution in [0, 0.1) is 5.82 Å². The van der Waals surface area contributed by atoms with Gasteiger partial charge in [0, 0.05) is 6.07 Å². The van der Waals surface area contributed by atoms with Crippen LogP contribution in [0.3, 0.4) is 0 Å². The van der Waals surface area contributed by atoms with Gasteiger partial charge in [0.05, 0.1) is 18.1 Å². The molecule has 100 valence electrons. The number of nitrogens with zero attached hydrogens (tertiary/aromatic N) is 2. The van der Waals surface area contributed by atoms with E-state index in [1.165, 1.54) is 18.2 Å². The highest BCUT2D eigenvalue weighted by Gasteiger charge is 2.04. The van der Waals surface area contributed by atoms with Gasteiger partial charge in [0.15, 0.2) is 5.75 Å². The van der Waals surface area contributed by atoms with E-state index in [9.17, 15) is 9.50 Å². The fourth-order valence-electron chi connectivity index (χ4n) is 1.78. The third-order valence-corrected chi connectivity index (χ3v) is 2.70. The first-order chi connectivity index (χ1) is 9.70. The zero-order valence-electron chi connectivity index (χ0n) is 10.4. The Hall–Kier alpha value is -2.82. The maximum atomic E-state index is 12.9. The molecule has 1 aromatic heterocycles. The predicted octanol–water partition coefficient (Wildman–Crippen LogP) is 3.51. The van der Waals surface area contributed by atoms with Crippen LogP contribution < -0.4 is 4.74 Å². The van der Waals surface area contributed by atoms with Gasteiger partial charge in [0.1, 0.15) is 17.3 Å². The van der Waals surface area contributed by atoms with Crippen LogP contribution in [-0.4, -0.2) is 14.9 Å². The van der Waals surface area contributed by atoms with E-state index < -0.39 is 0 Å². The summed E-state index contributed by atoms with van der Waals surface area (Å²) in [5.74, 6) is 0.883. The molecule has 0 bridgehead atoms. The van der Waals surface area contributed by atoms with E-state index >= 15 is 0 Å². The predicted molar refractivity (Wildman–Crippen MR) is 71.7 cm³/mol. The summed E-state index contributed by atoms with van der Waals surface area (Å²) >= 11 is 0. The summed E-state index contributed by atoms with van der Waals surface area (Å²) in [4.78, 5) is 0. The second-order valence-corrected chi connectivity index (χ2v) is 4.20. The first-order valence-corrected chi connectivity index (χ1v) is 5.98. The Bertz CT molecular complexity index is 723. The highest BCUT2D eigenvalue weighted by atomic mass is 19.1. The maximum Gasteiger partial charge on any atom is 0.165 e. The first kappa shape index (κ1) is 12.2. The summed E-state index contributed by atoms with van der Waals surface area (Å²) in [6.45, 7) is 0. The Balaban J connectivity index is 1.82. The van der Waals surface area contributed by atoms with Gasteiger partial charge >= 0.3 is 0 Å². The molecule has 1 heterocycles. The molecule has 3 aromatic rings. The van der Waals surface area contributed by atoms with Crippen molar-refractivity contribution in [3.05, 3.63) is 66.7 Å².